The predicted octanol–water partition coefficient (Wildman–Crippen LogP) is 0.917. The molecule has 5 heteroatoms. The van der Waals surface area contributed by atoms with E-state index >= 15 is 0 Å². The molecule has 0 radical (unpaired) electrons. The minimum atomic E-state index is 0.601. The van der Waals surface area contributed by atoms with Gasteiger partial charge in [-0.1, -0.05) is 6.92 Å². The van der Waals surface area contributed by atoms with Crippen LogP contribution in [0.4, 0.5) is 0 Å². The zero-order valence-corrected chi connectivity index (χ0v) is 10.9. The summed E-state index contributed by atoms with van der Waals surface area (Å²) >= 11 is 0. The second-order valence-corrected chi connectivity index (χ2v) is 4.13. The van der Waals surface area contributed by atoms with E-state index in [1.54, 1.807) is 12.4 Å². The van der Waals surface area contributed by atoms with E-state index in [1.807, 2.05) is 0 Å². The molecule has 0 fully saturated rings. The molecular formula is C12H22N4O. The molecule has 1 N–H and O–H groups in total. The van der Waals surface area contributed by atoms with Crippen molar-refractivity contribution in [3.63, 3.8) is 0 Å². The SMILES string of the molecule is CCNCc1cnc(OCCCN(C)C)cn1. The van der Waals surface area contributed by atoms with Crippen LogP contribution in [-0.4, -0.2) is 48.7 Å². The molecule has 1 aromatic rings. The van der Waals surface area contributed by atoms with Gasteiger partial charge in [-0.2, -0.15) is 0 Å². The summed E-state index contributed by atoms with van der Waals surface area (Å²) in [6, 6.07) is 0. The molecule has 0 saturated carbocycles. The first-order chi connectivity index (χ1) is 8.22. The van der Waals surface area contributed by atoms with E-state index in [4.69, 9.17) is 4.74 Å². The van der Waals surface area contributed by atoms with Crippen LogP contribution in [-0.2, 0) is 6.54 Å². The number of ether oxygens (including phenoxy) is 1. The Morgan fingerprint density at radius 2 is 2.12 bits per heavy atom. The fraction of sp³-hybridized carbons (Fsp3) is 0.667. The Morgan fingerprint density at radius 3 is 2.71 bits per heavy atom. The van der Waals surface area contributed by atoms with Crippen molar-refractivity contribution in [3.05, 3.63) is 18.1 Å². The van der Waals surface area contributed by atoms with Crippen LogP contribution < -0.4 is 10.1 Å². The van der Waals surface area contributed by atoms with E-state index in [0.29, 0.717) is 12.5 Å². The molecule has 0 saturated heterocycles. The van der Waals surface area contributed by atoms with Gasteiger partial charge in [0.15, 0.2) is 0 Å². The van der Waals surface area contributed by atoms with E-state index in [0.717, 1.165) is 31.7 Å². The minimum Gasteiger partial charge on any atom is -0.477 e. The van der Waals surface area contributed by atoms with Crippen molar-refractivity contribution in [1.82, 2.24) is 20.2 Å². The van der Waals surface area contributed by atoms with E-state index in [1.165, 1.54) is 0 Å². The average Bonchev–Trinajstić information content (AvgIpc) is 2.33. The first-order valence-corrected chi connectivity index (χ1v) is 6.01. The van der Waals surface area contributed by atoms with E-state index in [-0.39, 0.29) is 0 Å². The van der Waals surface area contributed by atoms with Gasteiger partial charge in [0.25, 0.3) is 0 Å². The zero-order chi connectivity index (χ0) is 12.5. The molecular weight excluding hydrogens is 216 g/mol. The van der Waals surface area contributed by atoms with Crippen LogP contribution >= 0.6 is 0 Å². The van der Waals surface area contributed by atoms with E-state index < -0.39 is 0 Å². The van der Waals surface area contributed by atoms with E-state index in [9.17, 15) is 0 Å². The van der Waals surface area contributed by atoms with Crippen LogP contribution in [0.2, 0.25) is 0 Å². The topological polar surface area (TPSA) is 50.3 Å². The van der Waals surface area contributed by atoms with Gasteiger partial charge in [0.05, 0.1) is 24.7 Å². The second kappa shape index (κ2) is 7.97. The summed E-state index contributed by atoms with van der Waals surface area (Å²) in [5, 5.41) is 3.20. The Hall–Kier alpha value is -1.20. The maximum atomic E-state index is 5.50. The summed E-state index contributed by atoms with van der Waals surface area (Å²) < 4.78 is 5.50. The Morgan fingerprint density at radius 1 is 1.29 bits per heavy atom. The molecule has 0 aliphatic carbocycles. The maximum absolute atomic E-state index is 5.50. The third-order valence-electron chi connectivity index (χ3n) is 2.24. The van der Waals surface area contributed by atoms with Crippen LogP contribution in [0.5, 0.6) is 5.88 Å². The summed E-state index contributed by atoms with van der Waals surface area (Å²) in [6.45, 7) is 5.45. The van der Waals surface area contributed by atoms with Gasteiger partial charge in [0.1, 0.15) is 0 Å². The fourth-order valence-electron chi connectivity index (χ4n) is 1.32. The van der Waals surface area contributed by atoms with Crippen molar-refractivity contribution in [3.8, 4) is 5.88 Å². The molecule has 0 unspecified atom stereocenters. The molecule has 96 valence electrons. The van der Waals surface area contributed by atoms with Crippen molar-refractivity contribution in [2.24, 2.45) is 0 Å². The number of hydrogen-bond donors (Lipinski definition) is 1. The van der Waals surface area contributed by atoms with Crippen LogP contribution in [0.25, 0.3) is 0 Å². The quantitative estimate of drug-likeness (QED) is 0.682. The molecule has 0 spiro atoms. The Kier molecular flexibility index (Phi) is 6.50. The van der Waals surface area contributed by atoms with Gasteiger partial charge in [-0.05, 0) is 27.1 Å². The standard InChI is InChI=1S/C12H22N4O/c1-4-13-8-11-9-15-12(10-14-11)17-7-5-6-16(2)3/h9-10,13H,4-8H2,1-3H3. The monoisotopic (exact) mass is 238 g/mol. The molecule has 0 bridgehead atoms. The van der Waals surface area contributed by atoms with E-state index in [2.05, 4.69) is 41.2 Å². The number of rotatable bonds is 8. The van der Waals surface area contributed by atoms with Crippen molar-refractivity contribution in [1.29, 1.82) is 0 Å². The summed E-state index contributed by atoms with van der Waals surface area (Å²) in [4.78, 5) is 10.6. The maximum Gasteiger partial charge on any atom is 0.232 e. The molecule has 1 rings (SSSR count). The first-order valence-electron chi connectivity index (χ1n) is 6.01. The van der Waals surface area contributed by atoms with Crippen LogP contribution in [0, 0.1) is 0 Å². The molecule has 1 aromatic heterocycles. The summed E-state index contributed by atoms with van der Waals surface area (Å²) in [5.74, 6) is 0.601. The third-order valence-corrected chi connectivity index (χ3v) is 2.24. The highest BCUT2D eigenvalue weighted by Gasteiger charge is 1.98. The largest absolute Gasteiger partial charge is 0.477 e. The molecule has 5 nitrogen and oxygen atoms in total. The average molecular weight is 238 g/mol. The predicted molar refractivity (Wildman–Crippen MR) is 68.1 cm³/mol. The molecule has 0 aliphatic heterocycles. The van der Waals surface area contributed by atoms with Gasteiger partial charge in [0.2, 0.25) is 5.88 Å². The number of aromatic nitrogens is 2. The fourth-order valence-corrected chi connectivity index (χ4v) is 1.32. The summed E-state index contributed by atoms with van der Waals surface area (Å²) in [7, 11) is 4.10. The van der Waals surface area contributed by atoms with Gasteiger partial charge in [-0.25, -0.2) is 4.98 Å². The van der Waals surface area contributed by atoms with Crippen molar-refractivity contribution in [2.45, 2.75) is 19.9 Å². The third kappa shape index (κ3) is 6.19. The lowest BCUT2D eigenvalue weighted by Gasteiger charge is -2.09. The normalized spacial score (nSPS) is 10.8. The Bertz CT molecular complexity index is 300. The summed E-state index contributed by atoms with van der Waals surface area (Å²) in [5.41, 5.74) is 0.937. The molecule has 1 heterocycles. The smallest absolute Gasteiger partial charge is 0.232 e. The van der Waals surface area contributed by atoms with Crippen molar-refractivity contribution in [2.75, 3.05) is 33.8 Å². The van der Waals surface area contributed by atoms with Crippen LogP contribution in [0.1, 0.15) is 19.0 Å². The lowest BCUT2D eigenvalue weighted by Crippen LogP contribution is -2.16. The molecule has 17 heavy (non-hydrogen) atoms. The molecule has 0 aromatic carbocycles. The highest BCUT2D eigenvalue weighted by Crippen LogP contribution is 2.04. The van der Waals surface area contributed by atoms with Gasteiger partial charge in [-0.3, -0.25) is 4.98 Å². The second-order valence-electron chi connectivity index (χ2n) is 4.13. The highest BCUT2D eigenvalue weighted by atomic mass is 16.5. The first kappa shape index (κ1) is 13.9. The highest BCUT2D eigenvalue weighted by molar-refractivity contribution is 5.06. The molecule has 0 aliphatic rings. The molecule has 0 amide bonds. The van der Waals surface area contributed by atoms with Crippen molar-refractivity contribution < 1.29 is 4.74 Å². The Labute approximate surface area is 103 Å². The summed E-state index contributed by atoms with van der Waals surface area (Å²) in [6.07, 6.45) is 4.43. The number of nitrogens with one attached hydrogen (secondary N) is 1. The lowest BCUT2D eigenvalue weighted by molar-refractivity contribution is 0.272. The number of nitrogens with zero attached hydrogens (tertiary/aromatic N) is 3. The zero-order valence-electron chi connectivity index (χ0n) is 10.9. The van der Waals surface area contributed by atoms with Gasteiger partial charge < -0.3 is 15.0 Å². The van der Waals surface area contributed by atoms with Gasteiger partial charge >= 0.3 is 0 Å². The molecule has 0 atom stereocenters. The van der Waals surface area contributed by atoms with Gasteiger partial charge in [0, 0.05) is 13.1 Å². The Balaban J connectivity index is 2.25. The van der Waals surface area contributed by atoms with Crippen molar-refractivity contribution >= 4 is 0 Å². The number of hydrogen-bond acceptors (Lipinski definition) is 5. The minimum absolute atomic E-state index is 0.601. The lowest BCUT2D eigenvalue weighted by atomic mass is 10.4. The van der Waals surface area contributed by atoms with Crippen LogP contribution in [0.15, 0.2) is 12.4 Å². The van der Waals surface area contributed by atoms with Crippen LogP contribution in [0.3, 0.4) is 0 Å². The van der Waals surface area contributed by atoms with Gasteiger partial charge in [-0.15, -0.1) is 0 Å².